The molecule has 1 aromatic carbocycles. The molecule has 1 N–H and O–H groups in total. The number of fused-ring (bicyclic) bond motifs is 1. The highest BCUT2D eigenvalue weighted by Gasteiger charge is 2.32. The fourth-order valence-corrected chi connectivity index (χ4v) is 5.37. The fourth-order valence-electron chi connectivity index (χ4n) is 3.36. The fraction of sp³-hybridized carbons (Fsp3) is 0.429. The predicted molar refractivity (Wildman–Crippen MR) is 110 cm³/mol. The highest BCUT2D eigenvalue weighted by molar-refractivity contribution is 8.00. The highest BCUT2D eigenvalue weighted by Crippen LogP contribution is 2.44. The first-order valence-corrected chi connectivity index (χ1v) is 10.7. The number of thiophene rings is 1. The number of thioether (sulfide) groups is 1. The van der Waals surface area contributed by atoms with E-state index in [0.29, 0.717) is 17.2 Å². The van der Waals surface area contributed by atoms with Crippen LogP contribution in [0.25, 0.3) is 0 Å². The van der Waals surface area contributed by atoms with Gasteiger partial charge in [0.2, 0.25) is 5.91 Å². The lowest BCUT2D eigenvalue weighted by atomic mass is 9.72. The molecule has 0 fully saturated rings. The van der Waals surface area contributed by atoms with Crippen molar-refractivity contribution >= 4 is 34.0 Å². The minimum absolute atomic E-state index is 0.0543. The van der Waals surface area contributed by atoms with E-state index in [1.807, 2.05) is 30.3 Å². The zero-order valence-corrected chi connectivity index (χ0v) is 17.1. The maximum Gasteiger partial charge on any atom is 0.235 e. The van der Waals surface area contributed by atoms with Gasteiger partial charge in [0.05, 0.1) is 11.3 Å². The number of benzene rings is 1. The third kappa shape index (κ3) is 4.31. The van der Waals surface area contributed by atoms with Crippen LogP contribution in [0.15, 0.2) is 35.2 Å². The zero-order chi connectivity index (χ0) is 18.7. The van der Waals surface area contributed by atoms with Crippen molar-refractivity contribution in [2.75, 3.05) is 11.1 Å². The van der Waals surface area contributed by atoms with Crippen molar-refractivity contribution in [3.63, 3.8) is 0 Å². The molecule has 1 aliphatic carbocycles. The van der Waals surface area contributed by atoms with Crippen LogP contribution in [0.3, 0.4) is 0 Å². The number of hydrogen-bond acceptors (Lipinski definition) is 4. The zero-order valence-electron chi connectivity index (χ0n) is 15.5. The topological polar surface area (TPSA) is 52.9 Å². The molecule has 0 spiro atoms. The van der Waals surface area contributed by atoms with Crippen molar-refractivity contribution in [1.82, 2.24) is 0 Å². The van der Waals surface area contributed by atoms with Crippen LogP contribution in [0.2, 0.25) is 0 Å². The summed E-state index contributed by atoms with van der Waals surface area (Å²) in [6, 6.07) is 12.2. The van der Waals surface area contributed by atoms with Crippen molar-refractivity contribution in [3.8, 4) is 6.07 Å². The van der Waals surface area contributed by atoms with Crippen molar-refractivity contribution in [3.05, 3.63) is 46.3 Å². The summed E-state index contributed by atoms with van der Waals surface area (Å²) in [5, 5.41) is 13.3. The number of hydrogen-bond donors (Lipinski definition) is 1. The van der Waals surface area contributed by atoms with Gasteiger partial charge in [-0.2, -0.15) is 5.26 Å². The summed E-state index contributed by atoms with van der Waals surface area (Å²) in [7, 11) is 0. The Labute approximate surface area is 163 Å². The summed E-state index contributed by atoms with van der Waals surface area (Å²) in [4.78, 5) is 14.7. The molecule has 0 saturated heterocycles. The summed E-state index contributed by atoms with van der Waals surface area (Å²) in [6.07, 6.45) is 3.05. The minimum Gasteiger partial charge on any atom is -0.316 e. The first-order chi connectivity index (χ1) is 12.4. The van der Waals surface area contributed by atoms with Gasteiger partial charge in [0.25, 0.3) is 0 Å². The van der Waals surface area contributed by atoms with Crippen LogP contribution in [-0.2, 0) is 17.6 Å². The van der Waals surface area contributed by atoms with E-state index in [-0.39, 0.29) is 11.3 Å². The van der Waals surface area contributed by atoms with Crippen molar-refractivity contribution in [1.29, 1.82) is 5.26 Å². The molecule has 0 aliphatic heterocycles. The second-order valence-corrected chi connectivity index (χ2v) is 9.93. The minimum atomic E-state index is -0.0543. The van der Waals surface area contributed by atoms with Gasteiger partial charge < -0.3 is 5.32 Å². The van der Waals surface area contributed by atoms with E-state index >= 15 is 0 Å². The molecule has 1 atom stereocenters. The Hall–Kier alpha value is -1.77. The number of nitrogens with zero attached hydrogens (tertiary/aromatic N) is 1. The first kappa shape index (κ1) is 19.0. The molecule has 1 heterocycles. The number of nitrogens with one attached hydrogen (secondary N) is 1. The Balaban J connectivity index is 1.70. The van der Waals surface area contributed by atoms with Crippen LogP contribution in [-0.4, -0.2) is 11.7 Å². The smallest absolute Gasteiger partial charge is 0.235 e. The second kappa shape index (κ2) is 7.85. The molecule has 26 heavy (non-hydrogen) atoms. The Morgan fingerprint density at radius 1 is 1.35 bits per heavy atom. The number of nitriles is 1. The van der Waals surface area contributed by atoms with Crippen molar-refractivity contribution in [2.24, 2.45) is 11.3 Å². The molecule has 0 saturated carbocycles. The van der Waals surface area contributed by atoms with Crippen LogP contribution in [0.1, 0.15) is 43.2 Å². The molecular weight excluding hydrogens is 360 g/mol. The molecule has 136 valence electrons. The molecule has 3 rings (SSSR count). The van der Waals surface area contributed by atoms with E-state index in [0.717, 1.165) is 34.7 Å². The first-order valence-electron chi connectivity index (χ1n) is 8.91. The Kier molecular flexibility index (Phi) is 5.74. The van der Waals surface area contributed by atoms with Gasteiger partial charge in [0.15, 0.2) is 0 Å². The largest absolute Gasteiger partial charge is 0.316 e. The number of rotatable bonds is 4. The van der Waals surface area contributed by atoms with E-state index in [1.165, 1.54) is 16.6 Å². The Morgan fingerprint density at radius 2 is 2.08 bits per heavy atom. The van der Waals surface area contributed by atoms with Crippen LogP contribution in [0.5, 0.6) is 0 Å². The highest BCUT2D eigenvalue weighted by atomic mass is 32.2. The maximum atomic E-state index is 12.4. The molecule has 2 aromatic rings. The number of carbonyl (C=O) groups is 1. The molecule has 0 unspecified atom stereocenters. The van der Waals surface area contributed by atoms with Gasteiger partial charge in [-0.1, -0.05) is 39.0 Å². The molecule has 0 bridgehead atoms. The molecule has 0 radical (unpaired) electrons. The van der Waals surface area contributed by atoms with Gasteiger partial charge in [-0.15, -0.1) is 23.1 Å². The molecule has 3 nitrogen and oxygen atoms in total. The average molecular weight is 385 g/mol. The Morgan fingerprint density at radius 3 is 2.73 bits per heavy atom. The van der Waals surface area contributed by atoms with E-state index < -0.39 is 0 Å². The van der Waals surface area contributed by atoms with Crippen molar-refractivity contribution < 1.29 is 4.79 Å². The third-order valence-corrected chi connectivity index (χ3v) is 7.15. The van der Waals surface area contributed by atoms with E-state index in [9.17, 15) is 10.1 Å². The summed E-state index contributed by atoms with van der Waals surface area (Å²) in [5.41, 5.74) is 2.10. The summed E-state index contributed by atoms with van der Waals surface area (Å²) in [6.45, 7) is 6.85. The van der Waals surface area contributed by atoms with Crippen LogP contribution in [0.4, 0.5) is 5.00 Å². The van der Waals surface area contributed by atoms with Crippen LogP contribution >= 0.6 is 23.1 Å². The lowest BCUT2D eigenvalue weighted by Crippen LogP contribution is -2.26. The molecule has 1 amide bonds. The summed E-state index contributed by atoms with van der Waals surface area (Å²) >= 11 is 3.10. The van der Waals surface area contributed by atoms with Gasteiger partial charge in [0.1, 0.15) is 11.1 Å². The maximum absolute atomic E-state index is 12.4. The van der Waals surface area contributed by atoms with E-state index in [1.54, 1.807) is 11.3 Å². The third-order valence-electron chi connectivity index (χ3n) is 4.97. The number of carbonyl (C=O) groups excluding carboxylic acids is 1. The molecule has 1 aliphatic rings. The monoisotopic (exact) mass is 384 g/mol. The van der Waals surface area contributed by atoms with Gasteiger partial charge in [-0.05, 0) is 48.3 Å². The van der Waals surface area contributed by atoms with E-state index in [4.69, 9.17) is 0 Å². The molecular formula is C21H24N2OS2. The van der Waals surface area contributed by atoms with Gasteiger partial charge in [0, 0.05) is 9.77 Å². The van der Waals surface area contributed by atoms with Gasteiger partial charge >= 0.3 is 0 Å². The normalized spacial score (nSPS) is 16.6. The SMILES string of the molecule is CC(C)(C)[C@@H]1CCc2c(sc(NC(=O)CSc3ccccc3)c2C#N)C1. The van der Waals surface area contributed by atoms with E-state index in [2.05, 4.69) is 32.2 Å². The summed E-state index contributed by atoms with van der Waals surface area (Å²) in [5.74, 6) is 0.918. The Bertz CT molecular complexity index is 828. The van der Waals surface area contributed by atoms with Crippen LogP contribution < -0.4 is 5.32 Å². The average Bonchev–Trinajstić information content (AvgIpc) is 2.96. The van der Waals surface area contributed by atoms with Crippen molar-refractivity contribution in [2.45, 2.75) is 44.9 Å². The lowest BCUT2D eigenvalue weighted by molar-refractivity contribution is -0.113. The number of anilines is 1. The standard InChI is InChI=1S/C21H24N2OS2/c1-21(2,3)14-9-10-16-17(12-22)20(26-18(16)11-14)23-19(24)13-25-15-7-5-4-6-8-15/h4-8,14H,9-11,13H2,1-3H3,(H,23,24)/t14-/m1/s1. The van der Waals surface area contributed by atoms with Crippen LogP contribution in [0, 0.1) is 22.7 Å². The predicted octanol–water partition coefficient (Wildman–Crippen LogP) is 5.50. The number of amides is 1. The quantitative estimate of drug-likeness (QED) is 0.708. The van der Waals surface area contributed by atoms with Gasteiger partial charge in [-0.25, -0.2) is 0 Å². The molecule has 1 aromatic heterocycles. The summed E-state index contributed by atoms with van der Waals surface area (Å²) < 4.78 is 0. The second-order valence-electron chi connectivity index (χ2n) is 7.78. The van der Waals surface area contributed by atoms with Gasteiger partial charge in [-0.3, -0.25) is 4.79 Å². The lowest BCUT2D eigenvalue weighted by Gasteiger charge is -2.33. The molecule has 5 heteroatoms.